The minimum Gasteiger partial charge on any atom is -0.382 e. The van der Waals surface area contributed by atoms with Crippen LogP contribution in [0.25, 0.3) is 6.08 Å². The molecule has 0 fully saturated rings. The van der Waals surface area contributed by atoms with E-state index in [4.69, 9.17) is 0 Å². The van der Waals surface area contributed by atoms with Gasteiger partial charge in [0.25, 0.3) is 0 Å². The van der Waals surface area contributed by atoms with Crippen LogP contribution in [0.15, 0.2) is 59.1 Å². The van der Waals surface area contributed by atoms with Crippen LogP contribution < -0.4 is 5.32 Å². The van der Waals surface area contributed by atoms with Gasteiger partial charge in [-0.2, -0.15) is 0 Å². The molecule has 0 aliphatic heterocycles. The normalized spacial score (nSPS) is 15.0. The Hall–Kier alpha value is -1.67. The van der Waals surface area contributed by atoms with Gasteiger partial charge in [0.1, 0.15) is 0 Å². The van der Waals surface area contributed by atoms with Crippen LogP contribution in [0.2, 0.25) is 0 Å². The summed E-state index contributed by atoms with van der Waals surface area (Å²) in [4.78, 5) is 1.36. The molecule has 0 saturated carbocycles. The zero-order valence-corrected chi connectivity index (χ0v) is 13.4. The third-order valence-electron chi connectivity index (χ3n) is 4.05. The van der Waals surface area contributed by atoms with Crippen LogP contribution in [0.5, 0.6) is 0 Å². The molecule has 1 aliphatic carbocycles. The number of aryl methyl sites for hydroxylation is 1. The maximum atomic E-state index is 3.66. The molecule has 0 unspecified atom stereocenters. The highest BCUT2D eigenvalue weighted by Crippen LogP contribution is 2.28. The second-order valence-corrected chi connectivity index (χ2v) is 6.39. The van der Waals surface area contributed by atoms with E-state index in [1.165, 1.54) is 27.3 Å². The van der Waals surface area contributed by atoms with Crippen molar-refractivity contribution in [3.63, 3.8) is 0 Å². The van der Waals surface area contributed by atoms with Crippen molar-refractivity contribution in [2.45, 2.75) is 30.7 Å². The van der Waals surface area contributed by atoms with Gasteiger partial charge in [-0.25, -0.2) is 0 Å². The van der Waals surface area contributed by atoms with E-state index >= 15 is 0 Å². The molecule has 0 spiro atoms. The van der Waals surface area contributed by atoms with Gasteiger partial charge in [0.05, 0.1) is 0 Å². The number of hydrogen-bond acceptors (Lipinski definition) is 2. The van der Waals surface area contributed by atoms with Crippen LogP contribution >= 0.6 is 11.8 Å². The van der Waals surface area contributed by atoms with Gasteiger partial charge in [-0.15, -0.1) is 11.8 Å². The Labute approximate surface area is 131 Å². The van der Waals surface area contributed by atoms with Gasteiger partial charge < -0.3 is 5.32 Å². The molecular formula is C19H21NS. The topological polar surface area (TPSA) is 12.0 Å². The molecule has 0 heterocycles. The Morgan fingerprint density at radius 1 is 1.05 bits per heavy atom. The minimum absolute atomic E-state index is 0.351. The molecule has 1 aliphatic rings. The maximum Gasteiger partial charge on any atom is 0.0482 e. The van der Waals surface area contributed by atoms with Crippen molar-refractivity contribution in [3.8, 4) is 0 Å². The Balaban J connectivity index is 1.76. The third-order valence-corrected chi connectivity index (χ3v) is 4.77. The first-order valence-corrected chi connectivity index (χ1v) is 8.67. The second kappa shape index (κ2) is 6.40. The van der Waals surface area contributed by atoms with Gasteiger partial charge in [-0.1, -0.05) is 36.4 Å². The zero-order chi connectivity index (χ0) is 14.7. The SMILES string of the molecule is CSc1ccc2c(c1)CCC(N[C@H](C)c1ccccc1)=C2. The fourth-order valence-electron chi connectivity index (χ4n) is 2.81. The third kappa shape index (κ3) is 3.33. The average Bonchev–Trinajstić information content (AvgIpc) is 2.55. The maximum absolute atomic E-state index is 3.66. The summed E-state index contributed by atoms with van der Waals surface area (Å²) >= 11 is 1.81. The molecule has 2 aromatic rings. The molecule has 0 aromatic heterocycles. The van der Waals surface area contributed by atoms with Gasteiger partial charge in [-0.05, 0) is 60.9 Å². The number of thioether (sulfide) groups is 1. The van der Waals surface area contributed by atoms with Gasteiger partial charge in [-0.3, -0.25) is 0 Å². The van der Waals surface area contributed by atoms with Crippen LogP contribution in [0.3, 0.4) is 0 Å². The molecule has 1 N–H and O–H groups in total. The number of nitrogens with one attached hydrogen (secondary N) is 1. The molecule has 1 atom stereocenters. The summed E-state index contributed by atoms with van der Waals surface area (Å²) in [5, 5.41) is 3.66. The molecule has 108 valence electrons. The van der Waals surface area contributed by atoms with Crippen molar-refractivity contribution >= 4 is 17.8 Å². The summed E-state index contributed by atoms with van der Waals surface area (Å²) in [5.74, 6) is 0. The first kappa shape index (κ1) is 14.3. The van der Waals surface area contributed by atoms with E-state index in [2.05, 4.69) is 73.1 Å². The second-order valence-electron chi connectivity index (χ2n) is 5.51. The first-order valence-electron chi connectivity index (χ1n) is 7.45. The average molecular weight is 295 g/mol. The Bertz CT molecular complexity index is 646. The molecule has 2 aromatic carbocycles. The van der Waals surface area contributed by atoms with Crippen molar-refractivity contribution in [1.29, 1.82) is 0 Å². The summed E-state index contributed by atoms with van der Waals surface area (Å²) in [6, 6.07) is 17.8. The molecule has 0 saturated heterocycles. The lowest BCUT2D eigenvalue weighted by Crippen LogP contribution is -2.20. The van der Waals surface area contributed by atoms with E-state index in [1.807, 2.05) is 11.8 Å². The predicted molar refractivity (Wildman–Crippen MR) is 92.5 cm³/mol. The standard InChI is InChI=1S/C19H21NS/c1-14(15-6-4-3-5-7-15)20-18-10-8-17-13-19(21-2)11-9-16(17)12-18/h3-7,9,11-14,20H,8,10H2,1-2H3/t14-/m1/s1. The highest BCUT2D eigenvalue weighted by atomic mass is 32.2. The summed E-state index contributed by atoms with van der Waals surface area (Å²) in [7, 11) is 0. The summed E-state index contributed by atoms with van der Waals surface area (Å²) in [6.45, 7) is 2.22. The summed E-state index contributed by atoms with van der Waals surface area (Å²) in [6.07, 6.45) is 6.67. The highest BCUT2D eigenvalue weighted by Gasteiger charge is 2.13. The van der Waals surface area contributed by atoms with Crippen LogP contribution in [-0.4, -0.2) is 6.26 Å². The predicted octanol–water partition coefficient (Wildman–Crippen LogP) is 5.05. The van der Waals surface area contributed by atoms with Crippen LogP contribution in [0.4, 0.5) is 0 Å². The first-order chi connectivity index (χ1) is 10.3. The van der Waals surface area contributed by atoms with E-state index in [9.17, 15) is 0 Å². The summed E-state index contributed by atoms with van der Waals surface area (Å²) in [5.41, 5.74) is 5.51. The van der Waals surface area contributed by atoms with Gasteiger partial charge in [0.2, 0.25) is 0 Å². The number of rotatable bonds is 4. The van der Waals surface area contributed by atoms with Crippen molar-refractivity contribution < 1.29 is 0 Å². The largest absolute Gasteiger partial charge is 0.382 e. The fraction of sp³-hybridized carbons (Fsp3) is 0.263. The van der Waals surface area contributed by atoms with Gasteiger partial charge in [0, 0.05) is 16.6 Å². The van der Waals surface area contributed by atoms with Crippen molar-refractivity contribution in [2.24, 2.45) is 0 Å². The van der Waals surface area contributed by atoms with Crippen LogP contribution in [-0.2, 0) is 6.42 Å². The smallest absolute Gasteiger partial charge is 0.0482 e. The van der Waals surface area contributed by atoms with Crippen LogP contribution in [0, 0.1) is 0 Å². The Kier molecular flexibility index (Phi) is 4.35. The number of fused-ring (bicyclic) bond motifs is 1. The van der Waals surface area contributed by atoms with Crippen molar-refractivity contribution in [3.05, 3.63) is 70.9 Å². The quantitative estimate of drug-likeness (QED) is 0.792. The molecule has 2 heteroatoms. The molecule has 0 radical (unpaired) electrons. The number of allylic oxidation sites excluding steroid dienone is 1. The minimum atomic E-state index is 0.351. The molecule has 1 nitrogen and oxygen atoms in total. The number of hydrogen-bond donors (Lipinski definition) is 1. The molecule has 0 bridgehead atoms. The fourth-order valence-corrected chi connectivity index (χ4v) is 3.28. The van der Waals surface area contributed by atoms with E-state index < -0.39 is 0 Å². The lowest BCUT2D eigenvalue weighted by Gasteiger charge is -2.22. The Morgan fingerprint density at radius 3 is 2.62 bits per heavy atom. The lowest BCUT2D eigenvalue weighted by atomic mass is 9.95. The Morgan fingerprint density at radius 2 is 1.86 bits per heavy atom. The zero-order valence-electron chi connectivity index (χ0n) is 12.6. The van der Waals surface area contributed by atoms with Gasteiger partial charge >= 0.3 is 0 Å². The van der Waals surface area contributed by atoms with Crippen molar-refractivity contribution in [2.75, 3.05) is 6.26 Å². The van der Waals surface area contributed by atoms with E-state index in [0.717, 1.165) is 12.8 Å². The van der Waals surface area contributed by atoms with Crippen molar-refractivity contribution in [1.82, 2.24) is 5.32 Å². The van der Waals surface area contributed by atoms with Gasteiger partial charge in [0.15, 0.2) is 0 Å². The van der Waals surface area contributed by atoms with Crippen LogP contribution in [0.1, 0.15) is 36.1 Å². The van der Waals surface area contributed by atoms with E-state index in [1.54, 1.807) is 0 Å². The molecular weight excluding hydrogens is 274 g/mol. The molecule has 21 heavy (non-hydrogen) atoms. The highest BCUT2D eigenvalue weighted by molar-refractivity contribution is 7.98. The molecule has 0 amide bonds. The number of benzene rings is 2. The van der Waals surface area contributed by atoms with E-state index in [0.29, 0.717) is 6.04 Å². The van der Waals surface area contributed by atoms with E-state index in [-0.39, 0.29) is 0 Å². The lowest BCUT2D eigenvalue weighted by molar-refractivity contribution is 0.627. The monoisotopic (exact) mass is 295 g/mol. The summed E-state index contributed by atoms with van der Waals surface area (Å²) < 4.78 is 0. The molecule has 3 rings (SSSR count).